The molecule has 0 radical (unpaired) electrons. The Balaban J connectivity index is 0.927. The second kappa shape index (κ2) is 28.2. The van der Waals surface area contributed by atoms with Gasteiger partial charge in [-0.1, -0.05) is 175 Å². The van der Waals surface area contributed by atoms with Crippen molar-refractivity contribution in [3.8, 4) is 59.9 Å². The summed E-state index contributed by atoms with van der Waals surface area (Å²) in [5, 5.41) is 0. The Morgan fingerprint density at radius 2 is 0.529 bits per heavy atom. The second-order valence-corrected chi connectivity index (χ2v) is 30.8. The lowest BCUT2D eigenvalue weighted by Crippen LogP contribution is -2.15. The molecule has 0 aliphatic rings. The summed E-state index contributed by atoms with van der Waals surface area (Å²) >= 11 is 7.79. The van der Waals surface area contributed by atoms with Crippen molar-refractivity contribution in [1.29, 1.82) is 0 Å². The van der Waals surface area contributed by atoms with Gasteiger partial charge in [0.1, 0.15) is 9.79 Å². The Hall–Kier alpha value is -6.68. The molecule has 0 unspecified atom stereocenters. The third-order valence-electron chi connectivity index (χ3n) is 15.2. The SMILES string of the molecule is CCCCCCCCS(=O)(=O)c1c(-c2ccc(-c3ccc(-c4ccc(N(c5ccccc5)c5ccccc5)cc4)s3)s2)sc(-c2ccc(-c3ccc(-c4ccc(N(c5ccccc5)c5ccccc5)cc4)s3)s2)c1S(=O)(=O)CCCCCCCC. The molecule has 85 heavy (non-hydrogen) atoms. The molecule has 0 spiro atoms. The molecule has 0 bridgehead atoms. The lowest BCUT2D eigenvalue weighted by atomic mass is 10.1. The van der Waals surface area contributed by atoms with Gasteiger partial charge in [0.2, 0.25) is 0 Å². The van der Waals surface area contributed by atoms with E-state index in [0.29, 0.717) is 22.6 Å². The summed E-state index contributed by atoms with van der Waals surface area (Å²) in [7, 11) is -8.16. The molecule has 0 aliphatic heterocycles. The Bertz CT molecular complexity index is 3780. The van der Waals surface area contributed by atoms with E-state index < -0.39 is 19.7 Å². The van der Waals surface area contributed by atoms with Crippen molar-refractivity contribution in [3.63, 3.8) is 0 Å². The molecule has 434 valence electrons. The van der Waals surface area contributed by atoms with E-state index in [0.717, 1.165) is 148 Å². The van der Waals surface area contributed by atoms with Crippen LogP contribution >= 0.6 is 56.7 Å². The number of para-hydroxylation sites is 4. The number of sulfone groups is 2. The first-order valence-corrected chi connectivity index (χ1v) is 37.0. The normalized spacial score (nSPS) is 11.8. The third kappa shape index (κ3) is 14.3. The van der Waals surface area contributed by atoms with Crippen molar-refractivity contribution < 1.29 is 16.8 Å². The van der Waals surface area contributed by atoms with Crippen molar-refractivity contribution in [1.82, 2.24) is 0 Å². The number of anilines is 6. The number of unbranched alkanes of at least 4 members (excludes halogenated alkanes) is 10. The molecule has 5 heterocycles. The number of nitrogens with zero attached hydrogens (tertiary/aromatic N) is 2. The van der Waals surface area contributed by atoms with Crippen LogP contribution < -0.4 is 9.80 Å². The maximum absolute atomic E-state index is 15.3. The van der Waals surface area contributed by atoms with Gasteiger partial charge in [0.15, 0.2) is 19.7 Å². The van der Waals surface area contributed by atoms with Crippen LogP contribution in [0, 0.1) is 0 Å². The highest BCUT2D eigenvalue weighted by atomic mass is 32.2. The van der Waals surface area contributed by atoms with E-state index in [4.69, 9.17) is 0 Å². The Morgan fingerprint density at radius 3 is 0.847 bits per heavy atom. The topological polar surface area (TPSA) is 74.8 Å². The molecule has 11 aromatic rings. The van der Waals surface area contributed by atoms with E-state index in [2.05, 4.69) is 206 Å². The molecule has 0 N–H and O–H groups in total. The molecule has 0 atom stereocenters. The van der Waals surface area contributed by atoms with Crippen molar-refractivity contribution >= 4 is 110 Å². The Kier molecular flexibility index (Phi) is 19.9. The highest BCUT2D eigenvalue weighted by Gasteiger charge is 2.37. The van der Waals surface area contributed by atoms with Gasteiger partial charge in [-0.25, -0.2) is 16.8 Å². The van der Waals surface area contributed by atoms with Gasteiger partial charge in [0.25, 0.3) is 0 Å². The summed E-state index contributed by atoms with van der Waals surface area (Å²) in [5.74, 6) is -0.209. The molecule has 0 fully saturated rings. The third-order valence-corrected chi connectivity index (χ3v) is 25.7. The fourth-order valence-electron chi connectivity index (χ4n) is 10.8. The predicted molar refractivity (Wildman–Crippen MR) is 369 cm³/mol. The minimum atomic E-state index is -4.08. The summed E-state index contributed by atoms with van der Waals surface area (Å²) in [6.45, 7) is 4.35. The van der Waals surface area contributed by atoms with Crippen LogP contribution in [0.25, 0.3) is 59.9 Å². The summed E-state index contributed by atoms with van der Waals surface area (Å²) in [4.78, 5) is 13.4. The van der Waals surface area contributed by atoms with Gasteiger partial charge < -0.3 is 9.80 Å². The molecular formula is C72H70N2O4S7. The second-order valence-electron chi connectivity index (χ2n) is 21.4. The molecule has 5 aromatic heterocycles. The molecule has 11 rings (SSSR count). The van der Waals surface area contributed by atoms with Crippen LogP contribution in [-0.2, 0) is 19.7 Å². The average molecular weight is 1250 g/mol. The zero-order chi connectivity index (χ0) is 58.6. The van der Waals surface area contributed by atoms with E-state index in [9.17, 15) is 0 Å². The van der Waals surface area contributed by atoms with Gasteiger partial charge in [0.05, 0.1) is 21.3 Å². The smallest absolute Gasteiger partial charge is 0.181 e. The van der Waals surface area contributed by atoms with Gasteiger partial charge >= 0.3 is 0 Å². The summed E-state index contributed by atoms with van der Waals surface area (Å²) < 4.78 is 61.0. The van der Waals surface area contributed by atoms with E-state index in [-0.39, 0.29) is 21.3 Å². The van der Waals surface area contributed by atoms with E-state index in [1.165, 1.54) is 34.0 Å². The minimum absolute atomic E-state index is 0.0117. The lowest BCUT2D eigenvalue weighted by molar-refractivity contribution is 0.573. The van der Waals surface area contributed by atoms with E-state index >= 15 is 16.8 Å². The quantitative estimate of drug-likeness (QED) is 0.0455. The molecule has 6 aromatic carbocycles. The van der Waals surface area contributed by atoms with Crippen LogP contribution in [0.2, 0.25) is 0 Å². The standard InChI is InChI=1S/C72H70N2O4S7/c1-3-5-7-9-11-25-51-84(75,76)71-69(67-49-47-65(81-67)63-45-43-61(79-63)53-35-39-59(40-36-53)73(55-27-17-13-18-28-55)56-29-19-14-20-30-56)83-70(72(71)85(77,78)52-26-12-10-8-6-4-2)68-50-48-66(82-68)64-46-44-62(80-64)54-37-41-60(42-38-54)74(57-31-21-15-22-32-57)58-33-23-16-24-34-58/h13-24,27-50H,3-12,25-26,51-52H2,1-2H3. The average Bonchev–Trinajstić information content (AvgIpc) is 3.34. The maximum atomic E-state index is 15.3. The molecule has 13 heteroatoms. The molecule has 0 saturated heterocycles. The minimum Gasteiger partial charge on any atom is -0.311 e. The molecular weight excluding hydrogens is 1180 g/mol. The number of thiophene rings is 5. The monoisotopic (exact) mass is 1250 g/mol. The van der Waals surface area contributed by atoms with Crippen molar-refractivity contribution in [2.75, 3.05) is 21.3 Å². The van der Waals surface area contributed by atoms with Gasteiger partial charge in [-0.3, -0.25) is 0 Å². The molecule has 0 aliphatic carbocycles. The maximum Gasteiger partial charge on any atom is 0.181 e. The largest absolute Gasteiger partial charge is 0.311 e. The van der Waals surface area contributed by atoms with Crippen LogP contribution in [0.4, 0.5) is 34.1 Å². The molecule has 0 amide bonds. The lowest BCUT2D eigenvalue weighted by Gasteiger charge is -2.25. The first kappa shape index (κ1) is 60.0. The number of hydrogen-bond acceptors (Lipinski definition) is 11. The highest BCUT2D eigenvalue weighted by molar-refractivity contribution is 7.95. The van der Waals surface area contributed by atoms with Gasteiger partial charge in [-0.15, -0.1) is 56.7 Å². The zero-order valence-electron chi connectivity index (χ0n) is 48.1. The van der Waals surface area contributed by atoms with Gasteiger partial charge in [0, 0.05) is 73.1 Å². The van der Waals surface area contributed by atoms with Crippen molar-refractivity contribution in [2.45, 2.75) is 101 Å². The van der Waals surface area contributed by atoms with Crippen LogP contribution in [0.1, 0.15) is 90.9 Å². The molecule has 6 nitrogen and oxygen atoms in total. The highest BCUT2D eigenvalue weighted by Crippen LogP contribution is 2.53. The fourth-order valence-corrected chi connectivity index (χ4v) is 21.5. The number of rotatable bonds is 28. The first-order valence-electron chi connectivity index (χ1n) is 29.6. The number of benzene rings is 6. The summed E-state index contributed by atoms with van der Waals surface area (Å²) in [5.41, 5.74) is 8.62. The predicted octanol–water partition coefficient (Wildman–Crippen LogP) is 23.2. The van der Waals surface area contributed by atoms with Crippen LogP contribution in [0.5, 0.6) is 0 Å². The van der Waals surface area contributed by atoms with Gasteiger partial charge in [-0.05, 0) is 145 Å². The Labute approximate surface area is 523 Å². The van der Waals surface area contributed by atoms with Crippen LogP contribution in [-0.4, -0.2) is 28.3 Å². The van der Waals surface area contributed by atoms with Crippen LogP contribution in [0.3, 0.4) is 0 Å². The zero-order valence-corrected chi connectivity index (χ0v) is 53.8. The summed E-state index contributed by atoms with van der Waals surface area (Å²) in [6.07, 6.45) is 10.9. The van der Waals surface area contributed by atoms with Gasteiger partial charge in [-0.2, -0.15) is 0 Å². The fraction of sp³-hybridized carbons (Fsp3) is 0.222. The van der Waals surface area contributed by atoms with Crippen molar-refractivity contribution in [2.24, 2.45) is 0 Å². The van der Waals surface area contributed by atoms with E-state index in [1.807, 2.05) is 36.4 Å². The Morgan fingerprint density at radius 1 is 0.271 bits per heavy atom. The number of hydrogen-bond donors (Lipinski definition) is 0. The summed E-state index contributed by atoms with van der Waals surface area (Å²) in [6, 6.07) is 75.6. The molecule has 0 saturated carbocycles. The first-order chi connectivity index (χ1) is 41.6. The van der Waals surface area contributed by atoms with E-state index in [1.54, 1.807) is 22.7 Å². The van der Waals surface area contributed by atoms with Crippen LogP contribution in [0.15, 0.2) is 228 Å². The van der Waals surface area contributed by atoms with Crippen molar-refractivity contribution in [3.05, 3.63) is 218 Å².